The average Bonchev–Trinajstić information content (AvgIpc) is 2.91. The number of H-pyrrole nitrogens is 1. The minimum absolute atomic E-state index is 0. The van der Waals surface area contributed by atoms with Crippen LogP contribution in [0.3, 0.4) is 0 Å². The molecule has 3 N–H and O–H groups in total. The summed E-state index contributed by atoms with van der Waals surface area (Å²) in [7, 11) is 0. The van der Waals surface area contributed by atoms with Crippen molar-refractivity contribution in [3.63, 3.8) is 0 Å². The van der Waals surface area contributed by atoms with Gasteiger partial charge in [0.2, 0.25) is 5.95 Å². The van der Waals surface area contributed by atoms with E-state index in [1.54, 1.807) is 6.33 Å². The molecule has 2 aromatic heterocycles. The molecule has 4 rings (SSSR count). The highest BCUT2D eigenvalue weighted by molar-refractivity contribution is 5.86. The summed E-state index contributed by atoms with van der Waals surface area (Å²) in [5, 5.41) is 2.35. The Morgan fingerprint density at radius 3 is 2.78 bits per heavy atom. The molecule has 0 fully saturated rings. The number of rotatable bonds is 2. The number of aromatic amines is 1. The molecule has 7 heteroatoms. The quantitative estimate of drug-likeness (QED) is 0.591. The van der Waals surface area contributed by atoms with Gasteiger partial charge in [-0.25, -0.2) is 4.98 Å². The lowest BCUT2D eigenvalue weighted by Crippen LogP contribution is -2.12. The van der Waals surface area contributed by atoms with Gasteiger partial charge in [0.05, 0.1) is 12.9 Å². The van der Waals surface area contributed by atoms with E-state index in [4.69, 9.17) is 5.73 Å². The van der Waals surface area contributed by atoms with E-state index in [1.165, 1.54) is 10.8 Å². The van der Waals surface area contributed by atoms with Crippen molar-refractivity contribution in [1.82, 2.24) is 19.5 Å². The molecule has 4 aromatic rings. The smallest absolute Gasteiger partial charge is 0.280 e. The number of benzene rings is 2. The van der Waals surface area contributed by atoms with Gasteiger partial charge in [0, 0.05) is 0 Å². The van der Waals surface area contributed by atoms with E-state index >= 15 is 0 Å². The van der Waals surface area contributed by atoms with Crippen LogP contribution in [0.2, 0.25) is 0 Å². The van der Waals surface area contributed by atoms with Crippen molar-refractivity contribution in [3.05, 3.63) is 64.7 Å². The Labute approximate surface area is 137 Å². The number of nitrogen functional groups attached to an aromatic ring is 1. The van der Waals surface area contributed by atoms with Gasteiger partial charge in [-0.3, -0.25) is 9.78 Å². The summed E-state index contributed by atoms with van der Waals surface area (Å²) in [5.41, 5.74) is 7.24. The number of anilines is 1. The molecule has 116 valence electrons. The normalized spacial score (nSPS) is 10.8. The number of aromatic nitrogens is 4. The van der Waals surface area contributed by atoms with Crippen LogP contribution in [0, 0.1) is 0 Å². The lowest BCUT2D eigenvalue weighted by molar-refractivity contribution is 0.819. The molecule has 0 spiro atoms. The number of hydrogen-bond donors (Lipinski definition) is 2. The van der Waals surface area contributed by atoms with Crippen LogP contribution in [-0.2, 0) is 6.54 Å². The maximum absolute atomic E-state index is 11.8. The van der Waals surface area contributed by atoms with Gasteiger partial charge in [-0.1, -0.05) is 42.5 Å². The average molecular weight is 328 g/mol. The fraction of sp³-hybridized carbons (Fsp3) is 0.0625. The van der Waals surface area contributed by atoms with Crippen LogP contribution in [0.4, 0.5) is 5.95 Å². The van der Waals surface area contributed by atoms with Gasteiger partial charge < -0.3 is 10.3 Å². The van der Waals surface area contributed by atoms with Crippen molar-refractivity contribution >= 4 is 40.3 Å². The van der Waals surface area contributed by atoms with Crippen LogP contribution in [0.15, 0.2) is 53.6 Å². The summed E-state index contributed by atoms with van der Waals surface area (Å²) >= 11 is 0. The first-order valence-electron chi connectivity index (χ1n) is 6.89. The molecule has 0 atom stereocenters. The zero-order chi connectivity index (χ0) is 15.1. The van der Waals surface area contributed by atoms with Crippen LogP contribution in [0.25, 0.3) is 21.9 Å². The zero-order valence-corrected chi connectivity index (χ0v) is 12.9. The Kier molecular flexibility index (Phi) is 3.75. The first-order chi connectivity index (χ1) is 10.7. The first kappa shape index (κ1) is 15.1. The monoisotopic (exact) mass is 327 g/mol. The van der Waals surface area contributed by atoms with Crippen molar-refractivity contribution in [2.45, 2.75) is 6.54 Å². The molecule has 0 radical (unpaired) electrons. The van der Waals surface area contributed by atoms with Crippen LogP contribution >= 0.6 is 12.4 Å². The van der Waals surface area contributed by atoms with Gasteiger partial charge in [-0.2, -0.15) is 4.98 Å². The van der Waals surface area contributed by atoms with E-state index in [-0.39, 0.29) is 23.9 Å². The molecule has 2 aromatic carbocycles. The molecule has 0 amide bonds. The molecule has 0 aliphatic carbocycles. The highest BCUT2D eigenvalue weighted by Gasteiger charge is 2.10. The lowest BCUT2D eigenvalue weighted by atomic mass is 10.0. The fourth-order valence-electron chi connectivity index (χ4n) is 2.70. The number of halogens is 1. The maximum atomic E-state index is 11.8. The number of imidazole rings is 1. The number of nitrogens with two attached hydrogens (primary N) is 1. The van der Waals surface area contributed by atoms with Crippen molar-refractivity contribution < 1.29 is 0 Å². The van der Waals surface area contributed by atoms with Gasteiger partial charge in [0.25, 0.3) is 5.56 Å². The third kappa shape index (κ3) is 2.53. The van der Waals surface area contributed by atoms with Crippen molar-refractivity contribution in [2.75, 3.05) is 5.73 Å². The predicted octanol–water partition coefficient (Wildman–Crippen LogP) is 2.33. The van der Waals surface area contributed by atoms with Crippen LogP contribution in [0.5, 0.6) is 0 Å². The highest BCUT2D eigenvalue weighted by Crippen LogP contribution is 2.20. The molecule has 0 bridgehead atoms. The molecule has 0 aliphatic heterocycles. The summed E-state index contributed by atoms with van der Waals surface area (Å²) in [6.07, 6.45) is 1.62. The van der Waals surface area contributed by atoms with E-state index in [1.807, 2.05) is 22.8 Å². The molecule has 2 heterocycles. The van der Waals surface area contributed by atoms with Gasteiger partial charge >= 0.3 is 0 Å². The Morgan fingerprint density at radius 1 is 1.13 bits per heavy atom. The Hall–Kier alpha value is -2.86. The number of hydrogen-bond acceptors (Lipinski definition) is 4. The second-order valence-electron chi connectivity index (χ2n) is 5.13. The maximum Gasteiger partial charge on any atom is 0.280 e. The minimum atomic E-state index is -0.320. The summed E-state index contributed by atoms with van der Waals surface area (Å²) in [5.74, 6) is 0.0946. The summed E-state index contributed by atoms with van der Waals surface area (Å²) in [6, 6.07) is 14.3. The van der Waals surface area contributed by atoms with E-state index < -0.39 is 0 Å². The number of nitrogens with zero attached hydrogens (tertiary/aromatic N) is 3. The molecule has 0 aliphatic rings. The van der Waals surface area contributed by atoms with Crippen molar-refractivity contribution in [3.8, 4) is 0 Å². The van der Waals surface area contributed by atoms with E-state index in [0.29, 0.717) is 17.7 Å². The second-order valence-corrected chi connectivity index (χ2v) is 5.13. The Balaban J connectivity index is 0.00000156. The summed E-state index contributed by atoms with van der Waals surface area (Å²) < 4.78 is 1.84. The van der Waals surface area contributed by atoms with Gasteiger partial charge in [0.15, 0.2) is 11.2 Å². The lowest BCUT2D eigenvalue weighted by Gasteiger charge is -2.08. The minimum Gasteiger partial charge on any atom is -0.369 e. The third-order valence-electron chi connectivity index (χ3n) is 3.71. The molecule has 0 saturated heterocycles. The highest BCUT2D eigenvalue weighted by atomic mass is 35.5. The fourth-order valence-corrected chi connectivity index (χ4v) is 2.70. The van der Waals surface area contributed by atoms with Crippen molar-refractivity contribution in [1.29, 1.82) is 0 Å². The third-order valence-corrected chi connectivity index (χ3v) is 3.71. The van der Waals surface area contributed by atoms with Gasteiger partial charge in [-0.05, 0) is 16.3 Å². The van der Waals surface area contributed by atoms with Crippen LogP contribution < -0.4 is 11.3 Å². The number of nitrogens with one attached hydrogen (secondary N) is 1. The Bertz CT molecular complexity index is 1050. The van der Waals surface area contributed by atoms with Gasteiger partial charge in [0.1, 0.15) is 0 Å². The molecule has 23 heavy (non-hydrogen) atoms. The van der Waals surface area contributed by atoms with Crippen LogP contribution in [0.1, 0.15) is 5.56 Å². The molecule has 0 saturated carbocycles. The Morgan fingerprint density at radius 2 is 1.91 bits per heavy atom. The molecular formula is C16H14ClN5O. The van der Waals surface area contributed by atoms with Crippen LogP contribution in [-0.4, -0.2) is 19.5 Å². The largest absolute Gasteiger partial charge is 0.369 e. The summed E-state index contributed by atoms with van der Waals surface area (Å²) in [4.78, 5) is 22.6. The first-order valence-corrected chi connectivity index (χ1v) is 6.89. The van der Waals surface area contributed by atoms with Gasteiger partial charge in [-0.15, -0.1) is 12.4 Å². The molecule has 6 nitrogen and oxygen atoms in total. The topological polar surface area (TPSA) is 89.6 Å². The SMILES string of the molecule is Cl.Nc1nc2c(ncn2Cc2cccc3ccccc23)c(=O)[nH]1. The van der Waals surface area contributed by atoms with E-state index in [0.717, 1.165) is 5.56 Å². The standard InChI is InChI=1S/C16H13N5O.ClH/c17-16-19-14-13(15(22)20-16)18-9-21(14)8-11-6-3-5-10-4-1-2-7-12(10)11;/h1-7,9H,8H2,(H3,17,19,20,22);1H. The number of fused-ring (bicyclic) bond motifs is 2. The molecule has 0 unspecified atom stereocenters. The second kappa shape index (κ2) is 5.73. The van der Waals surface area contributed by atoms with E-state index in [2.05, 4.69) is 39.2 Å². The zero-order valence-electron chi connectivity index (χ0n) is 12.1. The molecular weight excluding hydrogens is 314 g/mol. The van der Waals surface area contributed by atoms with Crippen molar-refractivity contribution in [2.24, 2.45) is 0 Å². The summed E-state index contributed by atoms with van der Waals surface area (Å²) in [6.45, 7) is 0.577. The van der Waals surface area contributed by atoms with E-state index in [9.17, 15) is 4.79 Å². The predicted molar refractivity (Wildman–Crippen MR) is 92.9 cm³/mol.